The molecular weight excluding hydrogens is 322 g/mol. The van der Waals surface area contributed by atoms with Crippen LogP contribution in [0.4, 0.5) is 5.69 Å². The number of hydrogen-bond acceptors (Lipinski definition) is 2. The van der Waals surface area contributed by atoms with Crippen molar-refractivity contribution in [2.75, 3.05) is 31.1 Å². The van der Waals surface area contributed by atoms with Gasteiger partial charge in [-0.25, -0.2) is 0 Å². The Bertz CT molecular complexity index is 999. The van der Waals surface area contributed by atoms with Gasteiger partial charge in [-0.15, -0.1) is 0 Å². The third-order valence-electron chi connectivity index (χ3n) is 5.61. The van der Waals surface area contributed by atoms with E-state index in [1.165, 1.54) is 27.1 Å². The molecule has 1 atom stereocenters. The highest BCUT2D eigenvalue weighted by atomic mass is 16.2. The second kappa shape index (κ2) is 6.67. The number of rotatable bonds is 5. The van der Waals surface area contributed by atoms with Crippen LogP contribution in [0.3, 0.4) is 0 Å². The number of aromatic amines is 1. The molecule has 2 heterocycles. The van der Waals surface area contributed by atoms with Gasteiger partial charge in [0.2, 0.25) is 5.91 Å². The van der Waals surface area contributed by atoms with Crippen molar-refractivity contribution in [3.8, 4) is 0 Å². The van der Waals surface area contributed by atoms with E-state index in [2.05, 4.69) is 67.2 Å². The Kier molecular flexibility index (Phi) is 4.35. The lowest BCUT2D eigenvalue weighted by molar-refractivity contribution is -0.132. The zero-order valence-corrected chi connectivity index (χ0v) is 15.9. The molecule has 3 aromatic rings. The fourth-order valence-corrected chi connectivity index (χ4v) is 4.34. The lowest BCUT2D eigenvalue weighted by Gasteiger charge is -2.34. The molecule has 4 nitrogen and oxygen atoms in total. The smallest absolute Gasteiger partial charge is 0.231 e. The van der Waals surface area contributed by atoms with E-state index in [1.54, 1.807) is 0 Å². The first-order valence-corrected chi connectivity index (χ1v) is 9.76. The molecule has 1 aliphatic heterocycles. The predicted octanol–water partition coefficient (Wildman–Crippen LogP) is 3.54. The molecule has 0 aliphatic carbocycles. The van der Waals surface area contributed by atoms with Gasteiger partial charge in [-0.3, -0.25) is 4.79 Å². The van der Waals surface area contributed by atoms with Gasteiger partial charge in [0.25, 0.3) is 0 Å². The first kappa shape index (κ1) is 17.0. The van der Waals surface area contributed by atoms with Crippen LogP contribution >= 0.6 is 0 Å². The van der Waals surface area contributed by atoms with Crippen molar-refractivity contribution in [2.45, 2.75) is 27.2 Å². The normalized spacial score (nSPS) is 16.7. The standard InChI is InChI=1S/C22H27N3O/c1-4-10-25-14-16(22(26)24(5-2)6-3)11-18-17-8-7-9-19-21(17)15(13-23-19)12-20(18)25/h7-9,11-13,16,23H,4-6,10,14H2,1-3H3. The Morgan fingerprint density at radius 3 is 2.81 bits per heavy atom. The van der Waals surface area contributed by atoms with E-state index in [9.17, 15) is 4.79 Å². The summed E-state index contributed by atoms with van der Waals surface area (Å²) in [5, 5.41) is 4.98. The van der Waals surface area contributed by atoms with Crippen molar-refractivity contribution in [3.05, 3.63) is 35.7 Å². The Labute approximate surface area is 154 Å². The second-order valence-electron chi connectivity index (χ2n) is 7.15. The number of nitrogens with one attached hydrogen (secondary N) is 1. The van der Waals surface area contributed by atoms with Gasteiger partial charge >= 0.3 is 0 Å². The van der Waals surface area contributed by atoms with E-state index in [0.29, 0.717) is 0 Å². The van der Waals surface area contributed by atoms with Gasteiger partial charge in [0, 0.05) is 59.6 Å². The summed E-state index contributed by atoms with van der Waals surface area (Å²) < 4.78 is 0. The largest absolute Gasteiger partial charge is 0.370 e. The Balaban J connectivity index is 1.94. The van der Waals surface area contributed by atoms with Crippen molar-refractivity contribution in [3.63, 3.8) is 0 Å². The topological polar surface area (TPSA) is 39.3 Å². The third-order valence-corrected chi connectivity index (χ3v) is 5.61. The van der Waals surface area contributed by atoms with Gasteiger partial charge in [-0.05, 0) is 37.8 Å². The van der Waals surface area contributed by atoms with Gasteiger partial charge in [0.15, 0.2) is 0 Å². The lowest BCUT2D eigenvalue weighted by Crippen LogP contribution is -2.45. The fraction of sp³-hybridized carbons (Fsp3) is 0.409. The van der Waals surface area contributed by atoms with Crippen LogP contribution in [0.5, 0.6) is 0 Å². The summed E-state index contributed by atoms with van der Waals surface area (Å²) in [5.41, 5.74) is 2.42. The fourth-order valence-electron chi connectivity index (χ4n) is 4.34. The van der Waals surface area contributed by atoms with Gasteiger partial charge in [-0.2, -0.15) is 0 Å². The second-order valence-corrected chi connectivity index (χ2v) is 7.15. The van der Waals surface area contributed by atoms with E-state index in [-0.39, 0.29) is 11.8 Å². The van der Waals surface area contributed by atoms with Crippen LogP contribution in [0.25, 0.3) is 27.8 Å². The number of amides is 1. The highest BCUT2D eigenvalue weighted by Gasteiger charge is 2.28. The molecule has 26 heavy (non-hydrogen) atoms. The summed E-state index contributed by atoms with van der Waals surface area (Å²) in [5.74, 6) is 0.166. The number of fused-ring (bicyclic) bond motifs is 2. The number of aromatic nitrogens is 1. The molecule has 1 amide bonds. The van der Waals surface area contributed by atoms with E-state index in [4.69, 9.17) is 0 Å². The first-order chi connectivity index (χ1) is 12.7. The van der Waals surface area contributed by atoms with Crippen LogP contribution in [0.2, 0.25) is 0 Å². The molecule has 4 heteroatoms. The molecule has 136 valence electrons. The van der Waals surface area contributed by atoms with Gasteiger partial charge in [0.05, 0.1) is 5.92 Å². The molecule has 1 aromatic heterocycles. The minimum Gasteiger partial charge on any atom is -0.370 e. The number of hydrogen-bond donors (Lipinski definition) is 1. The quantitative estimate of drug-likeness (QED) is 0.765. The highest BCUT2D eigenvalue weighted by Crippen LogP contribution is 2.30. The minimum atomic E-state index is -0.0793. The number of nitrogens with zero attached hydrogens (tertiary/aromatic N) is 2. The molecule has 0 bridgehead atoms. The highest BCUT2D eigenvalue weighted by molar-refractivity contribution is 6.11. The average Bonchev–Trinajstić information content (AvgIpc) is 3.08. The van der Waals surface area contributed by atoms with Crippen molar-refractivity contribution >= 4 is 39.3 Å². The molecule has 0 saturated heterocycles. The number of carbonyl (C=O) groups is 1. The molecule has 1 aliphatic rings. The molecule has 0 radical (unpaired) electrons. The monoisotopic (exact) mass is 349 g/mol. The van der Waals surface area contributed by atoms with E-state index < -0.39 is 0 Å². The van der Waals surface area contributed by atoms with Crippen LogP contribution in [0.15, 0.2) is 30.5 Å². The summed E-state index contributed by atoms with van der Waals surface area (Å²) in [6.45, 7) is 9.59. The maximum Gasteiger partial charge on any atom is 0.231 e. The number of carbonyl (C=O) groups excluding carboxylic acids is 1. The van der Waals surface area contributed by atoms with Gasteiger partial charge in [0.1, 0.15) is 0 Å². The van der Waals surface area contributed by atoms with Crippen LogP contribution in [0, 0.1) is 5.92 Å². The van der Waals surface area contributed by atoms with Gasteiger partial charge in [-0.1, -0.05) is 25.1 Å². The Morgan fingerprint density at radius 1 is 1.27 bits per heavy atom. The maximum absolute atomic E-state index is 13.1. The molecule has 2 aromatic carbocycles. The summed E-state index contributed by atoms with van der Waals surface area (Å²) in [6, 6.07) is 8.69. The molecule has 1 N–H and O–H groups in total. The van der Waals surface area contributed by atoms with Gasteiger partial charge < -0.3 is 14.8 Å². The molecule has 4 rings (SSSR count). The maximum atomic E-state index is 13.1. The van der Waals surface area contributed by atoms with Crippen LogP contribution in [0.1, 0.15) is 27.2 Å². The zero-order chi connectivity index (χ0) is 18.3. The average molecular weight is 349 g/mol. The zero-order valence-electron chi connectivity index (χ0n) is 15.9. The van der Waals surface area contributed by atoms with Crippen LogP contribution in [-0.4, -0.2) is 42.0 Å². The van der Waals surface area contributed by atoms with E-state index in [1.807, 2.05) is 4.90 Å². The van der Waals surface area contributed by atoms with Crippen LogP contribution < -0.4 is 10.1 Å². The number of H-pyrrole nitrogens is 1. The van der Waals surface area contributed by atoms with Crippen molar-refractivity contribution in [2.24, 2.45) is 5.92 Å². The summed E-state index contributed by atoms with van der Waals surface area (Å²) >= 11 is 0. The number of anilines is 1. The summed E-state index contributed by atoms with van der Waals surface area (Å²) in [6.07, 6.45) is 5.37. The molecule has 1 unspecified atom stereocenters. The Hall–Kier alpha value is -2.49. The number of benzene rings is 2. The molecule has 0 spiro atoms. The SMILES string of the molecule is CCCN1CC(C(=O)N(CC)CC)C=c2c1cc1c[nH]c3cccc2c13. The first-order valence-electron chi connectivity index (χ1n) is 9.76. The van der Waals surface area contributed by atoms with E-state index in [0.717, 1.165) is 38.1 Å². The minimum absolute atomic E-state index is 0.0793. The molecular formula is C22H27N3O. The third kappa shape index (κ3) is 2.56. The molecule has 0 saturated carbocycles. The van der Waals surface area contributed by atoms with Crippen LogP contribution in [-0.2, 0) is 4.79 Å². The summed E-state index contributed by atoms with van der Waals surface area (Å²) in [7, 11) is 0. The lowest BCUT2D eigenvalue weighted by atomic mass is 9.94. The summed E-state index contributed by atoms with van der Waals surface area (Å²) in [4.78, 5) is 20.8. The van der Waals surface area contributed by atoms with Crippen molar-refractivity contribution in [1.82, 2.24) is 9.88 Å². The molecule has 0 fully saturated rings. The Morgan fingerprint density at radius 2 is 2.08 bits per heavy atom. The van der Waals surface area contributed by atoms with E-state index >= 15 is 0 Å². The van der Waals surface area contributed by atoms with Crippen molar-refractivity contribution in [1.29, 1.82) is 0 Å². The predicted molar refractivity (Wildman–Crippen MR) is 109 cm³/mol. The van der Waals surface area contributed by atoms with Crippen molar-refractivity contribution < 1.29 is 4.79 Å².